The van der Waals surface area contributed by atoms with Gasteiger partial charge in [-0.1, -0.05) is 60.7 Å². The maximum Gasteiger partial charge on any atom is 0.213 e. The number of hydrogen-bond acceptors (Lipinski definition) is 4. The van der Waals surface area contributed by atoms with E-state index in [1.54, 1.807) is 12.1 Å². The van der Waals surface area contributed by atoms with Crippen molar-refractivity contribution < 1.29 is 4.79 Å². The lowest BCUT2D eigenvalue weighted by Crippen LogP contribution is -2.17. The first-order valence-corrected chi connectivity index (χ1v) is 6.43. The Morgan fingerprint density at radius 2 is 1.33 bits per heavy atom. The van der Waals surface area contributed by atoms with Gasteiger partial charge < -0.3 is 0 Å². The van der Waals surface area contributed by atoms with Crippen LogP contribution in [0.25, 0.3) is 0 Å². The minimum atomic E-state index is -0.143. The fourth-order valence-electron chi connectivity index (χ4n) is 1.92. The topological polar surface area (TPSA) is 60.1 Å². The summed E-state index contributed by atoms with van der Waals surface area (Å²) in [6.45, 7) is 0. The van der Waals surface area contributed by atoms with Crippen molar-refractivity contribution in [3.63, 3.8) is 0 Å². The van der Waals surface area contributed by atoms with Gasteiger partial charge in [0.2, 0.25) is 5.78 Å². The molecule has 5 nitrogen and oxygen atoms in total. The van der Waals surface area contributed by atoms with Crippen LogP contribution in [-0.2, 0) is 0 Å². The molecule has 0 spiro atoms. The fraction of sp³-hybridized carbons (Fsp3) is 0. The number of nitrogens with zero attached hydrogens (tertiary/aromatic N) is 4. The summed E-state index contributed by atoms with van der Waals surface area (Å²) in [5, 5.41) is 11.7. The molecule has 2 aromatic carbocycles. The highest BCUT2D eigenvalue weighted by Gasteiger charge is 2.16. The summed E-state index contributed by atoms with van der Waals surface area (Å²) in [7, 11) is 0. The molecule has 0 amide bonds. The van der Waals surface area contributed by atoms with E-state index in [0.717, 1.165) is 5.56 Å². The van der Waals surface area contributed by atoms with Crippen molar-refractivity contribution in [1.82, 2.24) is 14.9 Å². The number of hydrogen-bond donors (Lipinski definition) is 0. The first-order chi connectivity index (χ1) is 10.3. The van der Waals surface area contributed by atoms with E-state index in [4.69, 9.17) is 0 Å². The van der Waals surface area contributed by atoms with Crippen molar-refractivity contribution in [2.45, 2.75) is 0 Å². The van der Waals surface area contributed by atoms with E-state index >= 15 is 0 Å². The highest BCUT2D eigenvalue weighted by atomic mass is 16.1. The van der Waals surface area contributed by atoms with E-state index < -0.39 is 0 Å². The van der Waals surface area contributed by atoms with Gasteiger partial charge in [0.1, 0.15) is 18.4 Å². The molecule has 0 fully saturated rings. The largest absolute Gasteiger partial charge is 0.287 e. The standard InChI is InChI=1S/C16H12N4O/c21-16(14-9-5-2-6-10-14)15(13-7-3-1-4-8-13)19-20-11-17-18-12-20/h1-12H/b19-15+. The number of Topliss-reactive ketones (excluding diaryl/α,β-unsaturated/α-hetero) is 1. The number of ketones is 1. The molecular weight excluding hydrogens is 264 g/mol. The molecule has 0 radical (unpaired) electrons. The van der Waals surface area contributed by atoms with Crippen molar-refractivity contribution in [1.29, 1.82) is 0 Å². The first kappa shape index (κ1) is 12.9. The molecule has 102 valence electrons. The van der Waals surface area contributed by atoms with Gasteiger partial charge in [0.25, 0.3) is 0 Å². The molecule has 0 aliphatic heterocycles. The Labute approximate surface area is 121 Å². The lowest BCUT2D eigenvalue weighted by Gasteiger charge is -2.06. The molecule has 5 heteroatoms. The van der Waals surface area contributed by atoms with E-state index in [1.807, 2.05) is 48.5 Å². The zero-order valence-electron chi connectivity index (χ0n) is 11.1. The average molecular weight is 276 g/mol. The van der Waals surface area contributed by atoms with E-state index in [-0.39, 0.29) is 5.78 Å². The Balaban J connectivity index is 2.07. The SMILES string of the molecule is O=C(/C(=N/n1cnnc1)c1ccccc1)c1ccccc1. The van der Waals surface area contributed by atoms with Crippen LogP contribution in [0.2, 0.25) is 0 Å². The first-order valence-electron chi connectivity index (χ1n) is 6.43. The number of aromatic nitrogens is 3. The summed E-state index contributed by atoms with van der Waals surface area (Å²) in [4.78, 5) is 12.7. The molecule has 0 N–H and O–H groups in total. The summed E-state index contributed by atoms with van der Waals surface area (Å²) in [5.74, 6) is -0.143. The van der Waals surface area contributed by atoms with Crippen LogP contribution < -0.4 is 0 Å². The van der Waals surface area contributed by atoms with Crippen LogP contribution in [0.5, 0.6) is 0 Å². The second-order valence-corrected chi connectivity index (χ2v) is 4.35. The molecule has 0 unspecified atom stereocenters. The number of carbonyl (C=O) groups is 1. The van der Waals surface area contributed by atoms with Crippen molar-refractivity contribution in [3.05, 3.63) is 84.4 Å². The third-order valence-electron chi connectivity index (χ3n) is 2.92. The van der Waals surface area contributed by atoms with Crippen LogP contribution in [0.3, 0.4) is 0 Å². The molecule has 3 rings (SSSR count). The summed E-state index contributed by atoms with van der Waals surface area (Å²) in [6, 6.07) is 18.4. The number of carbonyl (C=O) groups excluding carboxylic acids is 1. The molecule has 21 heavy (non-hydrogen) atoms. The third kappa shape index (κ3) is 2.92. The Hall–Kier alpha value is -3.08. The molecule has 0 saturated heterocycles. The molecule has 0 aliphatic carbocycles. The quantitative estimate of drug-likeness (QED) is 0.543. The van der Waals surface area contributed by atoms with Crippen LogP contribution in [0.4, 0.5) is 0 Å². The van der Waals surface area contributed by atoms with E-state index in [9.17, 15) is 4.79 Å². The maximum atomic E-state index is 12.7. The van der Waals surface area contributed by atoms with Crippen molar-refractivity contribution in [2.24, 2.45) is 5.10 Å². The molecule has 0 aliphatic rings. The summed E-state index contributed by atoms with van der Waals surface area (Å²) < 4.78 is 1.42. The molecule has 3 aromatic rings. The Bertz CT molecular complexity index is 749. The van der Waals surface area contributed by atoms with Gasteiger partial charge in [0, 0.05) is 11.1 Å². The van der Waals surface area contributed by atoms with Gasteiger partial charge in [-0.25, -0.2) is 4.68 Å². The fourth-order valence-corrected chi connectivity index (χ4v) is 1.92. The van der Waals surface area contributed by atoms with Gasteiger partial charge in [0.15, 0.2) is 0 Å². The molecule has 0 atom stereocenters. The highest BCUT2D eigenvalue weighted by Crippen LogP contribution is 2.09. The van der Waals surface area contributed by atoms with Gasteiger partial charge in [-0.3, -0.25) is 4.79 Å². The number of benzene rings is 2. The minimum Gasteiger partial charge on any atom is -0.287 e. The smallest absolute Gasteiger partial charge is 0.213 e. The van der Waals surface area contributed by atoms with Crippen molar-refractivity contribution in [3.8, 4) is 0 Å². The molecule has 0 bridgehead atoms. The minimum absolute atomic E-state index is 0.143. The molecular formula is C16H12N4O. The molecule has 1 aromatic heterocycles. The van der Waals surface area contributed by atoms with Gasteiger partial charge in [0.05, 0.1) is 0 Å². The average Bonchev–Trinajstić information content (AvgIpc) is 3.07. The second-order valence-electron chi connectivity index (χ2n) is 4.35. The lowest BCUT2D eigenvalue weighted by molar-refractivity contribution is 0.106. The number of rotatable bonds is 4. The molecule has 1 heterocycles. The lowest BCUT2D eigenvalue weighted by atomic mass is 10.0. The zero-order chi connectivity index (χ0) is 14.5. The Morgan fingerprint density at radius 3 is 1.90 bits per heavy atom. The van der Waals surface area contributed by atoms with Gasteiger partial charge >= 0.3 is 0 Å². The van der Waals surface area contributed by atoms with Gasteiger partial charge in [-0.05, 0) is 0 Å². The highest BCUT2D eigenvalue weighted by molar-refractivity contribution is 6.51. The summed E-state index contributed by atoms with van der Waals surface area (Å²) in [6.07, 6.45) is 2.89. The van der Waals surface area contributed by atoms with E-state index in [1.165, 1.54) is 17.3 Å². The zero-order valence-corrected chi connectivity index (χ0v) is 11.1. The van der Waals surface area contributed by atoms with Crippen LogP contribution >= 0.6 is 0 Å². The van der Waals surface area contributed by atoms with Crippen LogP contribution in [0.1, 0.15) is 15.9 Å². The monoisotopic (exact) mass is 276 g/mol. The van der Waals surface area contributed by atoms with Crippen LogP contribution in [0, 0.1) is 0 Å². The van der Waals surface area contributed by atoms with E-state index in [2.05, 4.69) is 15.3 Å². The predicted molar refractivity (Wildman–Crippen MR) is 79.2 cm³/mol. The van der Waals surface area contributed by atoms with Gasteiger partial charge in [-0.15, -0.1) is 10.2 Å². The Kier molecular flexibility index (Phi) is 3.64. The second kappa shape index (κ2) is 5.92. The third-order valence-corrected chi connectivity index (χ3v) is 2.92. The van der Waals surface area contributed by atoms with Crippen molar-refractivity contribution >= 4 is 11.5 Å². The Morgan fingerprint density at radius 1 is 0.810 bits per heavy atom. The summed E-state index contributed by atoms with van der Waals surface area (Å²) in [5.41, 5.74) is 1.69. The summed E-state index contributed by atoms with van der Waals surface area (Å²) >= 11 is 0. The predicted octanol–water partition coefficient (Wildman–Crippen LogP) is 2.41. The molecule has 0 saturated carbocycles. The van der Waals surface area contributed by atoms with Crippen molar-refractivity contribution in [2.75, 3.05) is 0 Å². The van der Waals surface area contributed by atoms with Gasteiger partial charge in [-0.2, -0.15) is 5.10 Å². The van der Waals surface area contributed by atoms with Crippen LogP contribution in [0.15, 0.2) is 78.4 Å². The normalized spacial score (nSPS) is 11.3. The van der Waals surface area contributed by atoms with Crippen LogP contribution in [-0.4, -0.2) is 26.4 Å². The maximum absolute atomic E-state index is 12.7. The van der Waals surface area contributed by atoms with E-state index in [0.29, 0.717) is 11.3 Å².